The Morgan fingerprint density at radius 1 is 1.04 bits per heavy atom. The summed E-state index contributed by atoms with van der Waals surface area (Å²) in [7, 11) is 0. The summed E-state index contributed by atoms with van der Waals surface area (Å²) in [5.74, 6) is -0.658. The number of aryl methyl sites for hydroxylation is 2. The zero-order chi connectivity index (χ0) is 18.6. The van der Waals surface area contributed by atoms with Crippen LogP contribution in [0.3, 0.4) is 0 Å². The molecule has 3 aromatic rings. The van der Waals surface area contributed by atoms with Crippen molar-refractivity contribution in [2.45, 2.75) is 13.8 Å². The Labute approximate surface area is 148 Å². The summed E-state index contributed by atoms with van der Waals surface area (Å²) < 4.78 is 5.81. The molecule has 4 rings (SSSR count). The molecular weight excluding hydrogens is 336 g/mol. The summed E-state index contributed by atoms with van der Waals surface area (Å²) in [5, 5.41) is 25.5. The number of carboxylic acids is 1. The molecule has 26 heavy (non-hydrogen) atoms. The maximum Gasteiger partial charge on any atom is 0.338 e. The lowest BCUT2D eigenvalue weighted by Gasteiger charge is -2.23. The van der Waals surface area contributed by atoms with Crippen molar-refractivity contribution in [1.82, 2.24) is 0 Å². The number of hydrogen-bond donors (Lipinski definition) is 2. The zero-order valence-electron chi connectivity index (χ0n) is 14.0. The minimum Gasteiger partial charge on any atom is -0.478 e. The molecule has 0 aromatic heterocycles. The van der Waals surface area contributed by atoms with Crippen molar-refractivity contribution in [3.05, 3.63) is 63.2 Å². The van der Waals surface area contributed by atoms with E-state index in [0.29, 0.717) is 11.4 Å². The number of nitro groups is 1. The van der Waals surface area contributed by atoms with Gasteiger partial charge in [0.1, 0.15) is 0 Å². The molecular formula is C19H14N2O5. The number of benzene rings is 3. The summed E-state index contributed by atoms with van der Waals surface area (Å²) in [6.45, 7) is 4.04. The van der Waals surface area contributed by atoms with Crippen LogP contribution in [0, 0.1) is 24.0 Å². The van der Waals surface area contributed by atoms with Crippen LogP contribution in [0.15, 0.2) is 36.4 Å². The number of carboxylic acid groups (broad SMARTS) is 1. The van der Waals surface area contributed by atoms with Crippen molar-refractivity contribution in [1.29, 1.82) is 0 Å². The van der Waals surface area contributed by atoms with Crippen LogP contribution in [-0.2, 0) is 0 Å². The number of ether oxygens (including phenoxy) is 1. The number of hydrogen-bond acceptors (Lipinski definition) is 5. The van der Waals surface area contributed by atoms with Gasteiger partial charge in [-0.15, -0.1) is 0 Å². The van der Waals surface area contributed by atoms with E-state index in [4.69, 9.17) is 4.74 Å². The maximum atomic E-state index is 11.5. The van der Waals surface area contributed by atoms with Gasteiger partial charge in [0.15, 0.2) is 11.5 Å². The second-order valence-corrected chi connectivity index (χ2v) is 6.29. The fourth-order valence-electron chi connectivity index (χ4n) is 3.08. The number of nitrogens with zero attached hydrogens (tertiary/aromatic N) is 1. The second-order valence-electron chi connectivity index (χ2n) is 6.29. The van der Waals surface area contributed by atoms with Crippen LogP contribution < -0.4 is 10.1 Å². The molecule has 0 radical (unpaired) electrons. The third kappa shape index (κ3) is 2.41. The van der Waals surface area contributed by atoms with Gasteiger partial charge in [-0.05, 0) is 47.9 Å². The Balaban J connectivity index is 1.90. The Morgan fingerprint density at radius 2 is 1.69 bits per heavy atom. The molecule has 0 bridgehead atoms. The largest absolute Gasteiger partial charge is 0.478 e. The molecule has 0 aliphatic carbocycles. The van der Waals surface area contributed by atoms with Crippen molar-refractivity contribution >= 4 is 33.8 Å². The number of carbonyl (C=O) groups is 1. The molecule has 1 aliphatic heterocycles. The van der Waals surface area contributed by atoms with Crippen molar-refractivity contribution in [2.24, 2.45) is 0 Å². The molecule has 7 nitrogen and oxygen atoms in total. The zero-order valence-corrected chi connectivity index (χ0v) is 14.0. The van der Waals surface area contributed by atoms with E-state index in [2.05, 4.69) is 11.4 Å². The Kier molecular flexibility index (Phi) is 3.33. The van der Waals surface area contributed by atoms with Gasteiger partial charge in [0.25, 0.3) is 5.69 Å². The number of aromatic carboxylic acids is 1. The van der Waals surface area contributed by atoms with Crippen LogP contribution in [0.25, 0.3) is 10.8 Å². The Hall–Kier alpha value is -3.61. The van der Waals surface area contributed by atoms with E-state index in [1.165, 1.54) is 6.07 Å². The molecule has 0 atom stereocenters. The van der Waals surface area contributed by atoms with Gasteiger partial charge in [-0.3, -0.25) is 10.1 Å². The first kappa shape index (κ1) is 15.9. The quantitative estimate of drug-likeness (QED) is 0.393. The Morgan fingerprint density at radius 3 is 2.31 bits per heavy atom. The standard InChI is InChI=1S/C19H14N2O5/c1-9-3-11-5-15-16(6-12(11)4-10(9)2)26-17-8-13(21(24)25)7-14(19(22)23)18(17)20-15/h3-8,20H,1-2H3,(H,22,23). The summed E-state index contributed by atoms with van der Waals surface area (Å²) in [6, 6.07) is 10.1. The minimum atomic E-state index is -1.27. The van der Waals surface area contributed by atoms with E-state index in [1.807, 2.05) is 32.0 Å². The lowest BCUT2D eigenvalue weighted by Crippen LogP contribution is -2.10. The highest BCUT2D eigenvalue weighted by molar-refractivity contribution is 6.00. The van der Waals surface area contributed by atoms with E-state index in [1.54, 1.807) is 0 Å². The van der Waals surface area contributed by atoms with Gasteiger partial charge >= 0.3 is 5.97 Å². The third-order valence-corrected chi connectivity index (χ3v) is 4.56. The molecule has 7 heteroatoms. The van der Waals surface area contributed by atoms with Gasteiger partial charge in [-0.1, -0.05) is 12.1 Å². The second kappa shape index (κ2) is 5.45. The van der Waals surface area contributed by atoms with Crippen molar-refractivity contribution in [3.63, 3.8) is 0 Å². The summed E-state index contributed by atoms with van der Waals surface area (Å²) in [6.07, 6.45) is 0. The number of anilines is 2. The average molecular weight is 350 g/mol. The van der Waals surface area contributed by atoms with Crippen molar-refractivity contribution in [2.75, 3.05) is 5.32 Å². The number of nitro benzene ring substituents is 1. The summed E-state index contributed by atoms with van der Waals surface area (Å²) in [5.41, 5.74) is 2.57. The summed E-state index contributed by atoms with van der Waals surface area (Å²) in [4.78, 5) is 22.0. The first-order valence-electron chi connectivity index (χ1n) is 7.89. The van der Waals surface area contributed by atoms with Crippen LogP contribution in [0.5, 0.6) is 11.5 Å². The number of fused-ring (bicyclic) bond motifs is 3. The number of rotatable bonds is 2. The molecule has 1 heterocycles. The summed E-state index contributed by atoms with van der Waals surface area (Å²) >= 11 is 0. The molecule has 0 spiro atoms. The predicted molar refractivity (Wildman–Crippen MR) is 96.8 cm³/mol. The fourth-order valence-corrected chi connectivity index (χ4v) is 3.08. The average Bonchev–Trinajstić information content (AvgIpc) is 2.58. The van der Waals surface area contributed by atoms with Crippen LogP contribution >= 0.6 is 0 Å². The predicted octanol–water partition coefficient (Wildman–Crippen LogP) is 4.91. The lowest BCUT2D eigenvalue weighted by atomic mass is 10.0. The van der Waals surface area contributed by atoms with E-state index in [0.717, 1.165) is 28.0 Å². The monoisotopic (exact) mass is 350 g/mol. The van der Waals surface area contributed by atoms with Gasteiger partial charge in [-0.25, -0.2) is 4.79 Å². The SMILES string of the molecule is Cc1cc2cc3c(cc2cc1C)Oc1cc([N+](=O)[O-])cc(C(=O)O)c1N3. The highest BCUT2D eigenvalue weighted by Gasteiger charge is 2.27. The van der Waals surface area contributed by atoms with E-state index >= 15 is 0 Å². The van der Waals surface area contributed by atoms with Crippen LogP contribution in [-0.4, -0.2) is 16.0 Å². The van der Waals surface area contributed by atoms with Gasteiger partial charge < -0.3 is 15.2 Å². The first-order chi connectivity index (χ1) is 12.3. The van der Waals surface area contributed by atoms with E-state index < -0.39 is 10.9 Å². The smallest absolute Gasteiger partial charge is 0.338 e. The van der Waals surface area contributed by atoms with Gasteiger partial charge in [0.2, 0.25) is 0 Å². The number of non-ortho nitro benzene ring substituents is 1. The molecule has 0 amide bonds. The molecule has 2 N–H and O–H groups in total. The number of nitrogens with one attached hydrogen (secondary N) is 1. The van der Waals surface area contributed by atoms with Gasteiger partial charge in [-0.2, -0.15) is 0 Å². The van der Waals surface area contributed by atoms with Gasteiger partial charge in [0, 0.05) is 6.07 Å². The van der Waals surface area contributed by atoms with Crippen LogP contribution in [0.2, 0.25) is 0 Å². The first-order valence-corrected chi connectivity index (χ1v) is 7.89. The third-order valence-electron chi connectivity index (χ3n) is 4.56. The molecule has 0 saturated heterocycles. The molecule has 0 unspecified atom stereocenters. The highest BCUT2D eigenvalue weighted by Crippen LogP contribution is 2.46. The van der Waals surface area contributed by atoms with E-state index in [9.17, 15) is 20.0 Å². The van der Waals surface area contributed by atoms with Crippen molar-refractivity contribution in [3.8, 4) is 11.5 Å². The normalized spacial score (nSPS) is 11.9. The molecule has 0 saturated carbocycles. The van der Waals surface area contributed by atoms with Crippen LogP contribution in [0.1, 0.15) is 21.5 Å². The van der Waals surface area contributed by atoms with Gasteiger partial charge in [0.05, 0.1) is 27.9 Å². The topological polar surface area (TPSA) is 102 Å². The molecule has 130 valence electrons. The lowest BCUT2D eigenvalue weighted by molar-refractivity contribution is -0.384. The maximum absolute atomic E-state index is 11.5. The van der Waals surface area contributed by atoms with E-state index in [-0.39, 0.29) is 22.7 Å². The fraction of sp³-hybridized carbons (Fsp3) is 0.105. The minimum absolute atomic E-state index is 0.118. The molecule has 1 aliphatic rings. The molecule has 0 fully saturated rings. The van der Waals surface area contributed by atoms with Crippen LogP contribution in [0.4, 0.5) is 17.1 Å². The van der Waals surface area contributed by atoms with Crippen molar-refractivity contribution < 1.29 is 19.6 Å². The Bertz CT molecular complexity index is 1120. The molecule has 3 aromatic carbocycles. The highest BCUT2D eigenvalue weighted by atomic mass is 16.6.